The standard InChI is InChI=1S/C15H25N3O3/c1-4-17(5-2)12(19)10-18-13(20)15(16-14(18)21)9-7-6-8-11(15)3/h11H,4-10H2,1-3H3,(H,16,21)/t11-,15+/m0/s1. The first-order chi connectivity index (χ1) is 9.96. The Morgan fingerprint density at radius 3 is 2.57 bits per heavy atom. The Morgan fingerprint density at radius 1 is 1.33 bits per heavy atom. The van der Waals surface area contributed by atoms with Crippen LogP contribution in [-0.4, -0.2) is 52.8 Å². The number of rotatable bonds is 4. The van der Waals surface area contributed by atoms with Gasteiger partial charge >= 0.3 is 6.03 Å². The Bertz CT molecular complexity index is 447. The zero-order chi connectivity index (χ0) is 15.6. The van der Waals surface area contributed by atoms with E-state index >= 15 is 0 Å². The molecule has 1 aliphatic heterocycles. The van der Waals surface area contributed by atoms with E-state index in [-0.39, 0.29) is 24.3 Å². The van der Waals surface area contributed by atoms with Crippen molar-refractivity contribution in [1.29, 1.82) is 0 Å². The van der Waals surface area contributed by atoms with Gasteiger partial charge in [-0.3, -0.25) is 14.5 Å². The van der Waals surface area contributed by atoms with Crippen LogP contribution in [0.5, 0.6) is 0 Å². The molecule has 1 heterocycles. The first kappa shape index (κ1) is 15.8. The van der Waals surface area contributed by atoms with Gasteiger partial charge in [-0.25, -0.2) is 4.79 Å². The lowest BCUT2D eigenvalue weighted by Gasteiger charge is -2.36. The summed E-state index contributed by atoms with van der Waals surface area (Å²) in [6.07, 6.45) is 3.64. The second-order valence-corrected chi connectivity index (χ2v) is 6.01. The predicted molar refractivity (Wildman–Crippen MR) is 78.5 cm³/mol. The summed E-state index contributed by atoms with van der Waals surface area (Å²) in [5, 5.41) is 2.87. The Labute approximate surface area is 125 Å². The van der Waals surface area contributed by atoms with Crippen LogP contribution < -0.4 is 5.32 Å². The van der Waals surface area contributed by atoms with E-state index in [1.807, 2.05) is 20.8 Å². The summed E-state index contributed by atoms with van der Waals surface area (Å²) in [5.41, 5.74) is -0.779. The summed E-state index contributed by atoms with van der Waals surface area (Å²) < 4.78 is 0. The third kappa shape index (κ3) is 2.63. The molecule has 6 heteroatoms. The first-order valence-corrected chi connectivity index (χ1v) is 7.88. The van der Waals surface area contributed by atoms with Crippen molar-refractivity contribution < 1.29 is 14.4 Å². The molecule has 0 aromatic rings. The Balaban J connectivity index is 2.13. The fraction of sp³-hybridized carbons (Fsp3) is 0.800. The number of imide groups is 1. The molecule has 2 aliphatic rings. The molecule has 1 saturated carbocycles. The van der Waals surface area contributed by atoms with E-state index < -0.39 is 11.6 Å². The summed E-state index contributed by atoms with van der Waals surface area (Å²) in [5.74, 6) is -0.277. The van der Waals surface area contributed by atoms with Gasteiger partial charge in [-0.2, -0.15) is 0 Å². The molecule has 0 aromatic carbocycles. The lowest BCUT2D eigenvalue weighted by molar-refractivity contribution is -0.140. The van der Waals surface area contributed by atoms with Crippen molar-refractivity contribution >= 4 is 17.8 Å². The van der Waals surface area contributed by atoms with Gasteiger partial charge in [0.05, 0.1) is 0 Å². The largest absolute Gasteiger partial charge is 0.342 e. The lowest BCUT2D eigenvalue weighted by Crippen LogP contribution is -2.54. The summed E-state index contributed by atoms with van der Waals surface area (Å²) in [6.45, 7) is 6.80. The van der Waals surface area contributed by atoms with Gasteiger partial charge in [-0.15, -0.1) is 0 Å². The van der Waals surface area contributed by atoms with Crippen LogP contribution in [0.25, 0.3) is 0 Å². The van der Waals surface area contributed by atoms with Crippen molar-refractivity contribution in [2.45, 2.75) is 52.0 Å². The van der Waals surface area contributed by atoms with Gasteiger partial charge in [-0.05, 0) is 32.6 Å². The highest BCUT2D eigenvalue weighted by atomic mass is 16.2. The quantitative estimate of drug-likeness (QED) is 0.796. The number of amides is 4. The predicted octanol–water partition coefficient (Wildman–Crippen LogP) is 1.36. The maximum Gasteiger partial charge on any atom is 0.325 e. The Morgan fingerprint density at radius 2 is 2.00 bits per heavy atom. The van der Waals surface area contributed by atoms with Crippen LogP contribution in [0.1, 0.15) is 46.5 Å². The second kappa shape index (κ2) is 6.03. The first-order valence-electron chi connectivity index (χ1n) is 7.88. The molecule has 6 nitrogen and oxygen atoms in total. The third-order valence-electron chi connectivity index (χ3n) is 4.91. The van der Waals surface area contributed by atoms with E-state index in [9.17, 15) is 14.4 Å². The highest BCUT2D eigenvalue weighted by Gasteiger charge is 2.55. The van der Waals surface area contributed by atoms with E-state index in [4.69, 9.17) is 0 Å². The van der Waals surface area contributed by atoms with Gasteiger partial charge in [0.25, 0.3) is 5.91 Å². The maximum absolute atomic E-state index is 12.7. The summed E-state index contributed by atoms with van der Waals surface area (Å²) in [4.78, 5) is 39.8. The summed E-state index contributed by atoms with van der Waals surface area (Å²) in [7, 11) is 0. The normalized spacial score (nSPS) is 28.9. The SMILES string of the molecule is CCN(CC)C(=O)CN1C(=O)N[C@@]2(CCCC[C@@H]2C)C1=O. The fourth-order valence-corrected chi connectivity index (χ4v) is 3.45. The van der Waals surface area contributed by atoms with E-state index in [1.165, 1.54) is 0 Å². The molecular weight excluding hydrogens is 270 g/mol. The molecule has 118 valence electrons. The van der Waals surface area contributed by atoms with E-state index in [0.717, 1.165) is 24.2 Å². The van der Waals surface area contributed by atoms with Gasteiger partial charge in [0.1, 0.15) is 12.1 Å². The molecule has 0 bridgehead atoms. The van der Waals surface area contributed by atoms with Crippen molar-refractivity contribution in [3.8, 4) is 0 Å². The number of nitrogens with one attached hydrogen (secondary N) is 1. The van der Waals surface area contributed by atoms with E-state index in [2.05, 4.69) is 5.32 Å². The van der Waals surface area contributed by atoms with E-state index in [1.54, 1.807) is 4.90 Å². The van der Waals surface area contributed by atoms with Gasteiger partial charge in [0.2, 0.25) is 5.91 Å². The van der Waals surface area contributed by atoms with Crippen LogP contribution in [0.2, 0.25) is 0 Å². The maximum atomic E-state index is 12.7. The fourth-order valence-electron chi connectivity index (χ4n) is 3.45. The minimum Gasteiger partial charge on any atom is -0.342 e. The molecule has 1 saturated heterocycles. The highest BCUT2D eigenvalue weighted by molar-refractivity contribution is 6.09. The van der Waals surface area contributed by atoms with Gasteiger partial charge < -0.3 is 10.2 Å². The van der Waals surface area contributed by atoms with Crippen molar-refractivity contribution in [2.24, 2.45) is 5.92 Å². The van der Waals surface area contributed by atoms with Crippen LogP contribution in [0, 0.1) is 5.92 Å². The van der Waals surface area contributed by atoms with Crippen molar-refractivity contribution in [2.75, 3.05) is 19.6 Å². The van der Waals surface area contributed by atoms with Crippen LogP contribution in [-0.2, 0) is 9.59 Å². The number of carbonyl (C=O) groups is 3. The summed E-state index contributed by atoms with van der Waals surface area (Å²) >= 11 is 0. The molecule has 1 spiro atoms. The second-order valence-electron chi connectivity index (χ2n) is 6.01. The van der Waals surface area contributed by atoms with Crippen molar-refractivity contribution in [3.05, 3.63) is 0 Å². The van der Waals surface area contributed by atoms with Gasteiger partial charge in [-0.1, -0.05) is 19.8 Å². The van der Waals surface area contributed by atoms with E-state index in [0.29, 0.717) is 19.5 Å². The Kier molecular flexibility index (Phi) is 4.54. The zero-order valence-corrected chi connectivity index (χ0v) is 13.1. The number of likely N-dealkylation sites (N-methyl/N-ethyl adjacent to an activating group) is 1. The lowest BCUT2D eigenvalue weighted by atomic mass is 9.73. The average Bonchev–Trinajstić information content (AvgIpc) is 2.69. The molecular formula is C15H25N3O3. The molecule has 4 amide bonds. The van der Waals surface area contributed by atoms with Gasteiger partial charge in [0, 0.05) is 13.1 Å². The highest BCUT2D eigenvalue weighted by Crippen LogP contribution is 2.38. The summed E-state index contributed by atoms with van der Waals surface area (Å²) in [6, 6.07) is -0.422. The monoisotopic (exact) mass is 295 g/mol. The third-order valence-corrected chi connectivity index (χ3v) is 4.91. The molecule has 2 fully saturated rings. The molecule has 2 rings (SSSR count). The molecule has 1 aliphatic carbocycles. The van der Waals surface area contributed by atoms with Crippen LogP contribution in [0.4, 0.5) is 4.79 Å². The minimum absolute atomic E-state index is 0.122. The molecule has 1 N–H and O–H groups in total. The average molecular weight is 295 g/mol. The van der Waals surface area contributed by atoms with Crippen LogP contribution in [0.3, 0.4) is 0 Å². The van der Waals surface area contributed by atoms with Crippen molar-refractivity contribution in [3.63, 3.8) is 0 Å². The molecule has 2 atom stereocenters. The Hall–Kier alpha value is -1.59. The smallest absolute Gasteiger partial charge is 0.325 e. The minimum atomic E-state index is -0.779. The van der Waals surface area contributed by atoms with Crippen molar-refractivity contribution in [1.82, 2.24) is 15.1 Å². The van der Waals surface area contributed by atoms with Crippen LogP contribution in [0.15, 0.2) is 0 Å². The number of hydrogen-bond donors (Lipinski definition) is 1. The number of hydrogen-bond acceptors (Lipinski definition) is 3. The molecule has 0 radical (unpaired) electrons. The topological polar surface area (TPSA) is 69.7 Å². The molecule has 0 unspecified atom stereocenters. The number of urea groups is 1. The van der Waals surface area contributed by atoms with Gasteiger partial charge in [0.15, 0.2) is 0 Å². The molecule has 0 aromatic heterocycles. The zero-order valence-electron chi connectivity index (χ0n) is 13.1. The number of nitrogens with zero attached hydrogens (tertiary/aromatic N) is 2. The molecule has 21 heavy (non-hydrogen) atoms. The van der Waals surface area contributed by atoms with Crippen LogP contribution >= 0.6 is 0 Å². The number of carbonyl (C=O) groups excluding carboxylic acids is 3.